The first-order valence-electron chi connectivity index (χ1n) is 14.0. The van der Waals surface area contributed by atoms with Crippen LogP contribution in [0.15, 0.2) is 110 Å². The summed E-state index contributed by atoms with van der Waals surface area (Å²) in [6.07, 6.45) is 3.86. The standard InChI is InChI=1S/C33H25N7O3S2/c1-20-6-3-7-21(16-20)27-19-28(42-39-27)25-10-5-11-26(35-25)33-38-37-32(41-33)24-9-4-8-23(17-24)31-36-30(40-43-31)22-12-13-34-29(18-22)45-15-14-44-2/h3-13,16-19H,14-15H2,1-2H3. The van der Waals surface area contributed by atoms with Gasteiger partial charge in [0.2, 0.25) is 11.7 Å². The van der Waals surface area contributed by atoms with E-state index in [4.69, 9.17) is 18.4 Å². The summed E-state index contributed by atoms with van der Waals surface area (Å²) < 4.78 is 17.3. The molecule has 0 saturated heterocycles. The molecular formula is C33H25N7O3S2. The monoisotopic (exact) mass is 631 g/mol. The maximum atomic E-state index is 6.04. The minimum absolute atomic E-state index is 0.277. The summed E-state index contributed by atoms with van der Waals surface area (Å²) in [5.41, 5.74) is 6.25. The quantitative estimate of drug-likeness (QED) is 0.107. The summed E-state index contributed by atoms with van der Waals surface area (Å²) in [5.74, 6) is 4.07. The molecule has 0 amide bonds. The molecule has 0 spiro atoms. The molecule has 5 heterocycles. The van der Waals surface area contributed by atoms with Crippen molar-refractivity contribution in [2.24, 2.45) is 0 Å². The summed E-state index contributed by atoms with van der Waals surface area (Å²) in [5, 5.41) is 17.9. The Labute approximate surface area is 266 Å². The van der Waals surface area contributed by atoms with Crippen molar-refractivity contribution in [1.82, 2.24) is 35.5 Å². The van der Waals surface area contributed by atoms with E-state index < -0.39 is 0 Å². The smallest absolute Gasteiger partial charge is 0.266 e. The maximum Gasteiger partial charge on any atom is 0.266 e. The Hall–Kier alpha value is -5.07. The van der Waals surface area contributed by atoms with Gasteiger partial charge in [-0.05, 0) is 61.7 Å². The van der Waals surface area contributed by atoms with Gasteiger partial charge < -0.3 is 13.5 Å². The van der Waals surface area contributed by atoms with Crippen molar-refractivity contribution < 1.29 is 13.5 Å². The highest BCUT2D eigenvalue weighted by Crippen LogP contribution is 2.31. The zero-order valence-electron chi connectivity index (χ0n) is 24.2. The topological polar surface area (TPSA) is 130 Å². The molecule has 2 aromatic carbocycles. The molecule has 0 radical (unpaired) electrons. The molecule has 7 rings (SSSR count). The van der Waals surface area contributed by atoms with Crippen molar-refractivity contribution in [1.29, 1.82) is 0 Å². The lowest BCUT2D eigenvalue weighted by Gasteiger charge is -2.01. The lowest BCUT2D eigenvalue weighted by Crippen LogP contribution is -1.88. The van der Waals surface area contributed by atoms with E-state index in [9.17, 15) is 0 Å². The fraction of sp³-hybridized carbons (Fsp3) is 0.121. The summed E-state index contributed by atoms with van der Waals surface area (Å²) in [6.45, 7) is 2.04. The lowest BCUT2D eigenvalue weighted by molar-refractivity contribution is 0.432. The van der Waals surface area contributed by atoms with E-state index in [1.54, 1.807) is 24.0 Å². The third kappa shape index (κ3) is 6.42. The highest BCUT2D eigenvalue weighted by Gasteiger charge is 2.17. The molecule has 7 aromatic rings. The summed E-state index contributed by atoms with van der Waals surface area (Å²) >= 11 is 3.51. The molecule has 10 nitrogen and oxygen atoms in total. The average Bonchev–Trinajstić information content (AvgIpc) is 3.87. The van der Waals surface area contributed by atoms with Crippen LogP contribution in [-0.4, -0.2) is 53.2 Å². The first kappa shape index (κ1) is 28.7. The number of thioether (sulfide) groups is 2. The van der Waals surface area contributed by atoms with Crippen LogP contribution in [0.3, 0.4) is 0 Å². The van der Waals surface area contributed by atoms with Gasteiger partial charge in [0.1, 0.15) is 17.1 Å². The summed E-state index contributed by atoms with van der Waals surface area (Å²) in [6, 6.07) is 26.8. The van der Waals surface area contributed by atoms with E-state index >= 15 is 0 Å². The zero-order valence-corrected chi connectivity index (χ0v) is 25.9. The summed E-state index contributed by atoms with van der Waals surface area (Å²) in [7, 11) is 0. The number of benzene rings is 2. The van der Waals surface area contributed by atoms with Gasteiger partial charge >= 0.3 is 0 Å². The molecule has 5 aromatic heterocycles. The molecule has 0 N–H and O–H groups in total. The van der Waals surface area contributed by atoms with Crippen molar-refractivity contribution in [3.05, 3.63) is 96.7 Å². The number of rotatable bonds is 10. The molecule has 222 valence electrons. The van der Waals surface area contributed by atoms with Gasteiger partial charge in [-0.15, -0.1) is 22.0 Å². The molecule has 0 aliphatic carbocycles. The normalized spacial score (nSPS) is 11.2. The molecule has 0 aliphatic heterocycles. The summed E-state index contributed by atoms with van der Waals surface area (Å²) in [4.78, 5) is 13.8. The zero-order chi connectivity index (χ0) is 30.6. The van der Waals surface area contributed by atoms with Gasteiger partial charge in [0.15, 0.2) is 5.76 Å². The second kappa shape index (κ2) is 12.9. The average molecular weight is 632 g/mol. The van der Waals surface area contributed by atoms with Crippen molar-refractivity contribution in [3.63, 3.8) is 0 Å². The van der Waals surface area contributed by atoms with E-state index in [0.717, 1.165) is 44.5 Å². The minimum atomic E-state index is 0.277. The Morgan fingerprint density at radius 2 is 1.44 bits per heavy atom. The van der Waals surface area contributed by atoms with Crippen LogP contribution in [0.25, 0.3) is 68.6 Å². The third-order valence-electron chi connectivity index (χ3n) is 6.78. The number of aromatic nitrogens is 7. The predicted octanol–water partition coefficient (Wildman–Crippen LogP) is 8.00. The molecule has 0 aliphatic rings. The number of aryl methyl sites for hydroxylation is 1. The van der Waals surface area contributed by atoms with Crippen LogP contribution >= 0.6 is 23.5 Å². The predicted molar refractivity (Wildman–Crippen MR) is 174 cm³/mol. The van der Waals surface area contributed by atoms with Gasteiger partial charge in [-0.1, -0.05) is 46.2 Å². The van der Waals surface area contributed by atoms with Crippen molar-refractivity contribution in [3.8, 4) is 68.6 Å². The Bertz CT molecular complexity index is 2090. The van der Waals surface area contributed by atoms with Gasteiger partial charge in [0.25, 0.3) is 11.8 Å². The largest absolute Gasteiger partial charge is 0.415 e. The fourth-order valence-corrected chi connectivity index (χ4v) is 6.13. The number of nitrogens with zero attached hydrogens (tertiary/aromatic N) is 7. The Balaban J connectivity index is 1.10. The van der Waals surface area contributed by atoms with Crippen LogP contribution in [0, 0.1) is 6.92 Å². The van der Waals surface area contributed by atoms with Crippen molar-refractivity contribution in [2.45, 2.75) is 11.9 Å². The molecule has 0 unspecified atom stereocenters. The van der Waals surface area contributed by atoms with Gasteiger partial charge in [-0.2, -0.15) is 16.7 Å². The van der Waals surface area contributed by atoms with Crippen LogP contribution in [-0.2, 0) is 0 Å². The van der Waals surface area contributed by atoms with E-state index in [1.807, 2.05) is 91.5 Å². The molecule has 0 saturated carbocycles. The Morgan fingerprint density at radius 1 is 0.644 bits per heavy atom. The SMILES string of the molecule is CSCCSc1cc(-c2noc(-c3cccc(-c4nnc(-c5cccc(-c6cc(-c7cccc(C)c7)no6)n5)o4)c3)n2)ccn1. The molecule has 0 bridgehead atoms. The van der Waals surface area contributed by atoms with Crippen LogP contribution in [0.5, 0.6) is 0 Å². The van der Waals surface area contributed by atoms with Crippen molar-refractivity contribution in [2.75, 3.05) is 17.8 Å². The van der Waals surface area contributed by atoms with E-state index in [0.29, 0.717) is 40.3 Å². The van der Waals surface area contributed by atoms with Crippen molar-refractivity contribution >= 4 is 23.5 Å². The highest BCUT2D eigenvalue weighted by atomic mass is 32.2. The number of hydrogen-bond donors (Lipinski definition) is 0. The van der Waals surface area contributed by atoms with Crippen LogP contribution < -0.4 is 0 Å². The van der Waals surface area contributed by atoms with Crippen LogP contribution in [0.2, 0.25) is 0 Å². The first-order chi connectivity index (χ1) is 22.1. The highest BCUT2D eigenvalue weighted by molar-refractivity contribution is 8.02. The second-order valence-electron chi connectivity index (χ2n) is 9.99. The fourth-order valence-electron chi connectivity index (χ4n) is 4.57. The lowest BCUT2D eigenvalue weighted by atomic mass is 10.1. The maximum absolute atomic E-state index is 6.04. The van der Waals surface area contributed by atoms with Crippen LogP contribution in [0.1, 0.15) is 5.56 Å². The Morgan fingerprint density at radius 3 is 2.33 bits per heavy atom. The van der Waals surface area contributed by atoms with Gasteiger partial charge in [-0.3, -0.25) is 0 Å². The van der Waals surface area contributed by atoms with E-state index in [-0.39, 0.29) is 5.89 Å². The van der Waals surface area contributed by atoms with Gasteiger partial charge in [-0.25, -0.2) is 9.97 Å². The molecular weight excluding hydrogens is 607 g/mol. The number of pyridine rings is 2. The van der Waals surface area contributed by atoms with E-state index in [2.05, 4.69) is 42.8 Å². The Kier molecular flexibility index (Phi) is 8.21. The number of hydrogen-bond acceptors (Lipinski definition) is 12. The molecule has 0 atom stereocenters. The second-order valence-corrected chi connectivity index (χ2v) is 12.1. The van der Waals surface area contributed by atoms with Gasteiger partial charge in [0.05, 0.1) is 5.03 Å². The van der Waals surface area contributed by atoms with Crippen LogP contribution in [0.4, 0.5) is 0 Å². The minimum Gasteiger partial charge on any atom is -0.415 e. The van der Waals surface area contributed by atoms with E-state index in [1.165, 1.54) is 0 Å². The first-order valence-corrected chi connectivity index (χ1v) is 16.4. The third-order valence-corrected chi connectivity index (χ3v) is 8.58. The van der Waals surface area contributed by atoms with Gasteiger partial charge in [0, 0.05) is 46.0 Å². The molecule has 0 fully saturated rings. The molecule has 45 heavy (non-hydrogen) atoms. The molecule has 12 heteroatoms.